The molecule has 4 rings (SSSR count). The average Bonchev–Trinajstić information content (AvgIpc) is 3.37. The standard InChI is InChI=1S/C20H17N5O2/c26-19(27)7-9-25-13-16(11-23-25)15-6-8-21-17(10-15)20-22-12-18(24-20)14-4-2-1-3-5-14/h1-6,8,10-13H,7,9H2,(H,22,24)(H,26,27). The van der Waals surface area contributed by atoms with Crippen LogP contribution in [0.15, 0.2) is 67.3 Å². The fourth-order valence-corrected chi connectivity index (χ4v) is 2.80. The van der Waals surface area contributed by atoms with Gasteiger partial charge in [-0.05, 0) is 23.3 Å². The van der Waals surface area contributed by atoms with Crippen LogP contribution in [0.4, 0.5) is 0 Å². The maximum atomic E-state index is 10.7. The first kappa shape index (κ1) is 16.7. The third-order valence-electron chi connectivity index (χ3n) is 4.18. The van der Waals surface area contributed by atoms with Crippen molar-refractivity contribution in [3.8, 4) is 33.9 Å². The Morgan fingerprint density at radius 3 is 2.70 bits per heavy atom. The van der Waals surface area contributed by atoms with E-state index in [0.29, 0.717) is 12.4 Å². The van der Waals surface area contributed by atoms with Gasteiger partial charge in [0, 0.05) is 18.0 Å². The van der Waals surface area contributed by atoms with Gasteiger partial charge in [-0.2, -0.15) is 5.10 Å². The number of carboxylic acids is 1. The number of benzene rings is 1. The lowest BCUT2D eigenvalue weighted by molar-refractivity contribution is -0.137. The second-order valence-corrected chi connectivity index (χ2v) is 6.08. The van der Waals surface area contributed by atoms with E-state index in [-0.39, 0.29) is 6.42 Å². The van der Waals surface area contributed by atoms with Gasteiger partial charge in [-0.1, -0.05) is 30.3 Å². The molecule has 2 N–H and O–H groups in total. The zero-order valence-corrected chi connectivity index (χ0v) is 14.4. The molecular weight excluding hydrogens is 342 g/mol. The van der Waals surface area contributed by atoms with E-state index in [1.165, 1.54) is 0 Å². The number of rotatable bonds is 6. The van der Waals surface area contributed by atoms with Gasteiger partial charge in [-0.15, -0.1) is 0 Å². The van der Waals surface area contributed by atoms with E-state index < -0.39 is 5.97 Å². The van der Waals surface area contributed by atoms with Crippen molar-refractivity contribution in [2.45, 2.75) is 13.0 Å². The van der Waals surface area contributed by atoms with Crippen molar-refractivity contribution in [1.82, 2.24) is 24.7 Å². The van der Waals surface area contributed by atoms with Gasteiger partial charge in [0.25, 0.3) is 0 Å². The molecule has 0 bridgehead atoms. The molecule has 0 atom stereocenters. The Morgan fingerprint density at radius 1 is 1.04 bits per heavy atom. The molecule has 0 spiro atoms. The van der Waals surface area contributed by atoms with Crippen LogP contribution in [0.25, 0.3) is 33.9 Å². The smallest absolute Gasteiger partial charge is 0.305 e. The van der Waals surface area contributed by atoms with Crippen molar-refractivity contribution in [2.75, 3.05) is 0 Å². The summed E-state index contributed by atoms with van der Waals surface area (Å²) in [6.45, 7) is 0.339. The van der Waals surface area contributed by atoms with Crippen molar-refractivity contribution in [2.24, 2.45) is 0 Å². The van der Waals surface area contributed by atoms with Crippen molar-refractivity contribution in [3.05, 3.63) is 67.3 Å². The van der Waals surface area contributed by atoms with E-state index in [9.17, 15) is 4.79 Å². The predicted octanol–water partition coefficient (Wildman–Crippen LogP) is 3.48. The highest BCUT2D eigenvalue weighted by molar-refractivity contribution is 5.69. The number of aromatic amines is 1. The molecule has 0 unspecified atom stereocenters. The number of hydrogen-bond donors (Lipinski definition) is 2. The van der Waals surface area contributed by atoms with Crippen LogP contribution in [-0.2, 0) is 11.3 Å². The maximum Gasteiger partial charge on any atom is 0.305 e. The van der Waals surface area contributed by atoms with E-state index in [1.807, 2.05) is 48.7 Å². The predicted molar refractivity (Wildman–Crippen MR) is 101 cm³/mol. The minimum atomic E-state index is -0.842. The number of aromatic nitrogens is 5. The SMILES string of the molecule is O=C(O)CCn1cc(-c2ccnc(-c3ncc(-c4ccccc4)[nH]3)c2)cn1. The first-order valence-electron chi connectivity index (χ1n) is 8.50. The molecule has 134 valence electrons. The topological polar surface area (TPSA) is 96.7 Å². The lowest BCUT2D eigenvalue weighted by atomic mass is 10.1. The summed E-state index contributed by atoms with van der Waals surface area (Å²) in [6.07, 6.45) is 7.11. The third-order valence-corrected chi connectivity index (χ3v) is 4.18. The van der Waals surface area contributed by atoms with Crippen LogP contribution < -0.4 is 0 Å². The highest BCUT2D eigenvalue weighted by Gasteiger charge is 2.09. The number of carbonyl (C=O) groups is 1. The van der Waals surface area contributed by atoms with Crippen LogP contribution in [0, 0.1) is 0 Å². The summed E-state index contributed by atoms with van der Waals surface area (Å²) in [5.74, 6) is -0.153. The van der Waals surface area contributed by atoms with Crippen LogP contribution in [0.5, 0.6) is 0 Å². The molecule has 27 heavy (non-hydrogen) atoms. The summed E-state index contributed by atoms with van der Waals surface area (Å²) in [7, 11) is 0. The number of hydrogen-bond acceptors (Lipinski definition) is 4. The normalized spacial score (nSPS) is 10.8. The minimum Gasteiger partial charge on any atom is -0.481 e. The van der Waals surface area contributed by atoms with Crippen LogP contribution in [0.1, 0.15) is 6.42 Å². The molecule has 1 aromatic carbocycles. The molecular formula is C20H17N5O2. The minimum absolute atomic E-state index is 0.0391. The van der Waals surface area contributed by atoms with Gasteiger partial charge in [-0.3, -0.25) is 14.5 Å². The number of H-pyrrole nitrogens is 1. The van der Waals surface area contributed by atoms with E-state index >= 15 is 0 Å². The fourth-order valence-electron chi connectivity index (χ4n) is 2.80. The van der Waals surface area contributed by atoms with Gasteiger partial charge in [-0.25, -0.2) is 4.98 Å². The molecule has 0 aliphatic heterocycles. The second kappa shape index (κ2) is 7.25. The molecule has 0 aliphatic rings. The van der Waals surface area contributed by atoms with Crippen molar-refractivity contribution in [1.29, 1.82) is 0 Å². The lowest BCUT2D eigenvalue weighted by Crippen LogP contribution is -2.04. The highest BCUT2D eigenvalue weighted by Crippen LogP contribution is 2.25. The Labute approximate surface area is 155 Å². The second-order valence-electron chi connectivity index (χ2n) is 6.08. The van der Waals surface area contributed by atoms with Gasteiger partial charge < -0.3 is 10.1 Å². The van der Waals surface area contributed by atoms with Crippen LogP contribution in [0.3, 0.4) is 0 Å². The zero-order valence-electron chi connectivity index (χ0n) is 14.4. The van der Waals surface area contributed by atoms with Gasteiger partial charge in [0.2, 0.25) is 0 Å². The number of carboxylic acid groups (broad SMARTS) is 1. The molecule has 7 nitrogen and oxygen atoms in total. The number of pyridine rings is 1. The molecule has 0 fully saturated rings. The monoisotopic (exact) mass is 359 g/mol. The van der Waals surface area contributed by atoms with Gasteiger partial charge in [0.1, 0.15) is 5.69 Å². The molecule has 0 radical (unpaired) electrons. The quantitative estimate of drug-likeness (QED) is 0.549. The lowest BCUT2D eigenvalue weighted by Gasteiger charge is -2.01. The van der Waals surface area contributed by atoms with E-state index in [2.05, 4.69) is 20.1 Å². The largest absolute Gasteiger partial charge is 0.481 e. The van der Waals surface area contributed by atoms with E-state index in [1.54, 1.807) is 23.3 Å². The molecule has 7 heteroatoms. The van der Waals surface area contributed by atoms with Gasteiger partial charge in [0.15, 0.2) is 5.82 Å². The first-order chi connectivity index (χ1) is 13.2. The summed E-state index contributed by atoms with van der Waals surface area (Å²) < 4.78 is 1.63. The Hall–Kier alpha value is -3.74. The third kappa shape index (κ3) is 3.77. The zero-order chi connectivity index (χ0) is 18.6. The molecule has 4 aromatic rings. The molecule has 0 saturated carbocycles. The number of nitrogens with zero attached hydrogens (tertiary/aromatic N) is 4. The van der Waals surface area contributed by atoms with Crippen molar-refractivity contribution >= 4 is 5.97 Å². The molecule has 0 amide bonds. The molecule has 0 aliphatic carbocycles. The van der Waals surface area contributed by atoms with E-state index in [0.717, 1.165) is 28.1 Å². The summed E-state index contributed by atoms with van der Waals surface area (Å²) in [4.78, 5) is 22.9. The van der Waals surface area contributed by atoms with Crippen molar-refractivity contribution < 1.29 is 9.90 Å². The average molecular weight is 359 g/mol. The highest BCUT2D eigenvalue weighted by atomic mass is 16.4. The first-order valence-corrected chi connectivity index (χ1v) is 8.50. The Kier molecular flexibility index (Phi) is 4.49. The van der Waals surface area contributed by atoms with Crippen LogP contribution in [0.2, 0.25) is 0 Å². The summed E-state index contributed by atoms with van der Waals surface area (Å²) in [5, 5.41) is 13.0. The van der Waals surface area contributed by atoms with Crippen LogP contribution in [-0.4, -0.2) is 35.8 Å². The Balaban J connectivity index is 1.58. The summed E-state index contributed by atoms with van der Waals surface area (Å²) >= 11 is 0. The number of aliphatic carboxylic acids is 1. The molecule has 3 heterocycles. The number of imidazole rings is 1. The van der Waals surface area contributed by atoms with Crippen molar-refractivity contribution in [3.63, 3.8) is 0 Å². The molecule has 0 saturated heterocycles. The summed E-state index contributed by atoms with van der Waals surface area (Å²) in [5.41, 5.74) is 4.57. The van der Waals surface area contributed by atoms with Gasteiger partial charge >= 0.3 is 5.97 Å². The Bertz CT molecular complexity index is 1070. The number of aryl methyl sites for hydroxylation is 1. The van der Waals surface area contributed by atoms with Crippen LogP contribution >= 0.6 is 0 Å². The molecule has 3 aromatic heterocycles. The fraction of sp³-hybridized carbons (Fsp3) is 0.100. The van der Waals surface area contributed by atoms with E-state index in [4.69, 9.17) is 5.11 Å². The number of nitrogens with one attached hydrogen (secondary N) is 1. The Morgan fingerprint density at radius 2 is 1.89 bits per heavy atom. The van der Waals surface area contributed by atoms with Gasteiger partial charge in [0.05, 0.1) is 31.1 Å². The maximum absolute atomic E-state index is 10.7. The summed E-state index contributed by atoms with van der Waals surface area (Å²) in [6, 6.07) is 13.8.